The average molecular weight is 504 g/mol. The normalized spacial score (nSPS) is 17.5. The van der Waals surface area contributed by atoms with Gasteiger partial charge < -0.3 is 15.0 Å². The van der Waals surface area contributed by atoms with Crippen LogP contribution in [0.5, 0.6) is 5.75 Å². The van der Waals surface area contributed by atoms with Gasteiger partial charge in [0.05, 0.1) is 35.6 Å². The van der Waals surface area contributed by atoms with Gasteiger partial charge in [0.1, 0.15) is 30.7 Å². The molecule has 1 amide bonds. The van der Waals surface area contributed by atoms with Crippen molar-refractivity contribution in [3.8, 4) is 29.3 Å². The SMILES string of the molecule is CC(C)(C)n1cc(Nc2ncnc(-c3ccc(OC4CCN(C(=O)CC#N)CC4F)c(C#N)c3)n2)cn1. The fourth-order valence-electron chi connectivity index (χ4n) is 3.82. The van der Waals surface area contributed by atoms with E-state index in [2.05, 4.69) is 31.4 Å². The third kappa shape index (κ3) is 5.98. The number of likely N-dealkylation sites (tertiary alicyclic amines) is 1. The zero-order chi connectivity index (χ0) is 26.6. The molecule has 0 bridgehead atoms. The lowest BCUT2D eigenvalue weighted by Crippen LogP contribution is -2.49. The van der Waals surface area contributed by atoms with Crippen LogP contribution in [0, 0.1) is 22.7 Å². The molecule has 2 aromatic heterocycles. The van der Waals surface area contributed by atoms with Gasteiger partial charge in [-0.15, -0.1) is 0 Å². The Hall–Kier alpha value is -4.58. The Kier molecular flexibility index (Phi) is 7.30. The number of alkyl halides is 1. The van der Waals surface area contributed by atoms with Crippen LogP contribution >= 0.6 is 0 Å². The number of nitrogens with one attached hydrogen (secondary N) is 1. The van der Waals surface area contributed by atoms with E-state index in [0.717, 1.165) is 5.69 Å². The van der Waals surface area contributed by atoms with E-state index >= 15 is 0 Å². The van der Waals surface area contributed by atoms with Crippen LogP contribution in [0.25, 0.3) is 11.4 Å². The molecule has 11 nitrogen and oxygen atoms in total. The number of halogens is 1. The minimum absolute atomic E-state index is 0.152. The molecule has 0 aliphatic carbocycles. The van der Waals surface area contributed by atoms with E-state index < -0.39 is 18.2 Å². The zero-order valence-corrected chi connectivity index (χ0v) is 20.7. The molecule has 1 N–H and O–H groups in total. The quantitative estimate of drug-likeness (QED) is 0.535. The summed E-state index contributed by atoms with van der Waals surface area (Å²) in [6.07, 6.45) is 2.60. The molecule has 2 atom stereocenters. The number of nitrogens with zero attached hydrogens (tertiary/aromatic N) is 8. The van der Waals surface area contributed by atoms with E-state index in [0.29, 0.717) is 17.3 Å². The topological polar surface area (TPSA) is 146 Å². The second kappa shape index (κ2) is 10.6. The van der Waals surface area contributed by atoms with Crippen molar-refractivity contribution < 1.29 is 13.9 Å². The van der Waals surface area contributed by atoms with Crippen molar-refractivity contribution in [1.82, 2.24) is 29.6 Å². The number of aromatic nitrogens is 5. The average Bonchev–Trinajstić information content (AvgIpc) is 3.35. The maximum atomic E-state index is 14.7. The third-order valence-electron chi connectivity index (χ3n) is 5.80. The molecule has 37 heavy (non-hydrogen) atoms. The molecular formula is C25H26FN9O2. The predicted octanol–water partition coefficient (Wildman–Crippen LogP) is 3.34. The molecule has 1 saturated heterocycles. The zero-order valence-electron chi connectivity index (χ0n) is 20.7. The van der Waals surface area contributed by atoms with E-state index in [1.54, 1.807) is 30.5 Å². The Morgan fingerprint density at radius 1 is 1.30 bits per heavy atom. The van der Waals surface area contributed by atoms with E-state index in [1.807, 2.05) is 31.6 Å². The molecular weight excluding hydrogens is 477 g/mol. The molecule has 1 aliphatic rings. The first-order chi connectivity index (χ1) is 17.7. The second-order valence-electron chi connectivity index (χ2n) is 9.56. The summed E-state index contributed by atoms with van der Waals surface area (Å²) in [5, 5.41) is 25.8. The van der Waals surface area contributed by atoms with Crippen LogP contribution in [0.3, 0.4) is 0 Å². The van der Waals surface area contributed by atoms with Crippen LogP contribution in [-0.2, 0) is 10.3 Å². The first kappa shape index (κ1) is 25.5. The van der Waals surface area contributed by atoms with Crippen LogP contribution in [-0.4, -0.2) is 60.9 Å². The fraction of sp³-hybridized carbons (Fsp3) is 0.400. The summed E-state index contributed by atoms with van der Waals surface area (Å²) in [4.78, 5) is 26.0. The highest BCUT2D eigenvalue weighted by Gasteiger charge is 2.33. The van der Waals surface area contributed by atoms with Crippen LogP contribution in [0.1, 0.15) is 39.2 Å². The smallest absolute Gasteiger partial charge is 0.236 e. The van der Waals surface area contributed by atoms with E-state index in [9.17, 15) is 14.4 Å². The largest absolute Gasteiger partial charge is 0.486 e. The Morgan fingerprint density at radius 3 is 2.78 bits per heavy atom. The maximum Gasteiger partial charge on any atom is 0.236 e. The molecule has 0 spiro atoms. The molecule has 3 aromatic rings. The number of ether oxygens (including phenoxy) is 1. The molecule has 1 aliphatic heterocycles. The summed E-state index contributed by atoms with van der Waals surface area (Å²) < 4.78 is 22.4. The molecule has 0 saturated carbocycles. The van der Waals surface area contributed by atoms with Gasteiger partial charge in [0.2, 0.25) is 11.9 Å². The van der Waals surface area contributed by atoms with Crippen molar-refractivity contribution in [2.75, 3.05) is 18.4 Å². The molecule has 3 heterocycles. The first-order valence-corrected chi connectivity index (χ1v) is 11.7. The van der Waals surface area contributed by atoms with E-state index in [1.165, 1.54) is 11.2 Å². The molecule has 12 heteroatoms. The van der Waals surface area contributed by atoms with Crippen LogP contribution in [0.2, 0.25) is 0 Å². The number of carbonyl (C=O) groups is 1. The summed E-state index contributed by atoms with van der Waals surface area (Å²) in [6.45, 7) is 6.25. The number of anilines is 2. The number of piperidine rings is 1. The summed E-state index contributed by atoms with van der Waals surface area (Å²) in [5.41, 5.74) is 1.31. The standard InChI is InChI=1S/C25H26FN9O2/c1-25(2,3)35-13-18(12-31-35)32-24-30-15-29-23(33-24)16-4-5-20(17(10-16)11-28)37-21-7-9-34(14-19(21)26)22(36)6-8-27/h4-5,10,12-13,15,19,21H,6-7,9,14H2,1-3H3,(H,29,30,32,33). The van der Waals surface area contributed by atoms with Crippen molar-refractivity contribution in [1.29, 1.82) is 10.5 Å². The van der Waals surface area contributed by atoms with Crippen molar-refractivity contribution >= 4 is 17.5 Å². The first-order valence-electron chi connectivity index (χ1n) is 11.7. The van der Waals surface area contributed by atoms with Gasteiger partial charge in [-0.2, -0.15) is 20.6 Å². The predicted molar refractivity (Wildman–Crippen MR) is 131 cm³/mol. The lowest BCUT2D eigenvalue weighted by molar-refractivity contribution is -0.134. The second-order valence-corrected chi connectivity index (χ2v) is 9.56. The number of amides is 1. The van der Waals surface area contributed by atoms with Crippen LogP contribution in [0.4, 0.5) is 16.0 Å². The monoisotopic (exact) mass is 503 g/mol. The van der Waals surface area contributed by atoms with Gasteiger partial charge in [0.25, 0.3) is 0 Å². The van der Waals surface area contributed by atoms with E-state index in [-0.39, 0.29) is 42.8 Å². The van der Waals surface area contributed by atoms with Gasteiger partial charge in [-0.05, 0) is 39.0 Å². The maximum absolute atomic E-state index is 14.7. The molecule has 1 aromatic carbocycles. The molecule has 4 rings (SSSR count). The van der Waals surface area contributed by atoms with Gasteiger partial charge in [-0.3, -0.25) is 9.48 Å². The molecule has 0 radical (unpaired) electrons. The van der Waals surface area contributed by atoms with Gasteiger partial charge in [-0.1, -0.05) is 0 Å². The minimum Gasteiger partial charge on any atom is -0.486 e. The van der Waals surface area contributed by atoms with Crippen molar-refractivity contribution in [2.24, 2.45) is 0 Å². The fourth-order valence-corrected chi connectivity index (χ4v) is 3.82. The minimum atomic E-state index is -1.44. The number of benzene rings is 1. The summed E-state index contributed by atoms with van der Waals surface area (Å²) in [6, 6.07) is 8.70. The van der Waals surface area contributed by atoms with Gasteiger partial charge in [0.15, 0.2) is 12.0 Å². The van der Waals surface area contributed by atoms with Crippen molar-refractivity contribution in [3.63, 3.8) is 0 Å². The van der Waals surface area contributed by atoms with E-state index in [4.69, 9.17) is 10.00 Å². The summed E-state index contributed by atoms with van der Waals surface area (Å²) in [5.74, 6) is 0.490. The Morgan fingerprint density at radius 2 is 2.11 bits per heavy atom. The van der Waals surface area contributed by atoms with Gasteiger partial charge in [0, 0.05) is 24.7 Å². The summed E-state index contributed by atoms with van der Waals surface area (Å²) in [7, 11) is 0. The molecule has 2 unspecified atom stereocenters. The van der Waals surface area contributed by atoms with Gasteiger partial charge >= 0.3 is 0 Å². The van der Waals surface area contributed by atoms with Crippen LogP contribution in [0.15, 0.2) is 36.9 Å². The van der Waals surface area contributed by atoms with Crippen molar-refractivity contribution in [2.45, 2.75) is 51.4 Å². The Bertz CT molecular complexity index is 1370. The highest BCUT2D eigenvalue weighted by molar-refractivity contribution is 5.78. The number of rotatable bonds is 6. The number of nitriles is 2. The number of carbonyl (C=O) groups excluding carboxylic acids is 1. The number of hydrogen-bond acceptors (Lipinski definition) is 9. The highest BCUT2D eigenvalue weighted by Crippen LogP contribution is 2.28. The lowest BCUT2D eigenvalue weighted by Gasteiger charge is -2.34. The number of hydrogen-bond donors (Lipinski definition) is 1. The molecule has 190 valence electrons. The third-order valence-corrected chi connectivity index (χ3v) is 5.80. The molecule has 1 fully saturated rings. The van der Waals surface area contributed by atoms with Crippen LogP contribution < -0.4 is 10.1 Å². The highest BCUT2D eigenvalue weighted by atomic mass is 19.1. The lowest BCUT2D eigenvalue weighted by atomic mass is 10.0. The Balaban J connectivity index is 1.47. The Labute approximate surface area is 213 Å². The van der Waals surface area contributed by atoms with Crippen molar-refractivity contribution in [3.05, 3.63) is 42.5 Å². The van der Waals surface area contributed by atoms with Gasteiger partial charge in [-0.25, -0.2) is 14.4 Å². The summed E-state index contributed by atoms with van der Waals surface area (Å²) >= 11 is 0.